The first-order valence-electron chi connectivity index (χ1n) is 4.69. The highest BCUT2D eigenvalue weighted by atomic mass is 32.2. The van der Waals surface area contributed by atoms with Gasteiger partial charge in [-0.25, -0.2) is 8.42 Å². The van der Waals surface area contributed by atoms with Crippen LogP contribution in [0.1, 0.15) is 12.6 Å². The van der Waals surface area contributed by atoms with Crippen molar-refractivity contribution < 1.29 is 23.4 Å². The molecular weight excluding hydrogens is 250 g/mol. The third kappa shape index (κ3) is 3.02. The van der Waals surface area contributed by atoms with Gasteiger partial charge in [-0.15, -0.1) is 0 Å². The lowest BCUT2D eigenvalue weighted by molar-refractivity contribution is -0.141. The van der Waals surface area contributed by atoms with E-state index in [0.29, 0.717) is 0 Å². The Labute approximate surface area is 97.7 Å². The topological polar surface area (TPSA) is 132 Å². The van der Waals surface area contributed by atoms with Crippen LogP contribution in [-0.4, -0.2) is 46.9 Å². The molecule has 0 spiro atoms. The number of aromatic nitrogens is 2. The second-order valence-electron chi connectivity index (χ2n) is 3.54. The fourth-order valence-electron chi connectivity index (χ4n) is 1.20. The Morgan fingerprint density at radius 1 is 1.59 bits per heavy atom. The van der Waals surface area contributed by atoms with E-state index in [9.17, 15) is 18.3 Å². The molecule has 17 heavy (non-hydrogen) atoms. The number of nitrogens with zero attached hydrogens (tertiary/aromatic N) is 1. The quantitative estimate of drug-likeness (QED) is 0.529. The summed E-state index contributed by atoms with van der Waals surface area (Å²) >= 11 is 0. The van der Waals surface area contributed by atoms with Gasteiger partial charge in [0.2, 0.25) is 10.0 Å². The number of aliphatic carboxylic acids is 1. The number of rotatable bonds is 5. The zero-order valence-electron chi connectivity index (χ0n) is 9.21. The summed E-state index contributed by atoms with van der Waals surface area (Å²) in [4.78, 5) is 10.6. The highest BCUT2D eigenvalue weighted by Gasteiger charge is 2.30. The molecule has 0 aromatic carbocycles. The first-order chi connectivity index (χ1) is 7.75. The molecule has 0 saturated carbocycles. The Morgan fingerprint density at radius 3 is 2.53 bits per heavy atom. The van der Waals surface area contributed by atoms with Gasteiger partial charge in [0.1, 0.15) is 10.9 Å². The van der Waals surface area contributed by atoms with Crippen molar-refractivity contribution in [3.63, 3.8) is 0 Å². The number of aliphatic hydroxyl groups is 1. The largest absolute Gasteiger partial charge is 0.480 e. The number of H-pyrrole nitrogens is 1. The molecule has 0 saturated heterocycles. The molecule has 1 heterocycles. The Morgan fingerprint density at radius 2 is 2.18 bits per heavy atom. The number of carboxylic acid groups (broad SMARTS) is 1. The molecule has 0 fully saturated rings. The highest BCUT2D eigenvalue weighted by Crippen LogP contribution is 2.12. The van der Waals surface area contributed by atoms with Gasteiger partial charge in [-0.1, -0.05) is 0 Å². The Kier molecular flexibility index (Phi) is 3.86. The number of aryl methyl sites for hydroxylation is 1. The van der Waals surface area contributed by atoms with Crippen molar-refractivity contribution in [3.8, 4) is 0 Å². The minimum absolute atomic E-state index is 0.149. The number of nitrogens with one attached hydrogen (secondary N) is 2. The third-order valence-electron chi connectivity index (χ3n) is 2.10. The predicted molar refractivity (Wildman–Crippen MR) is 56.8 cm³/mol. The van der Waals surface area contributed by atoms with Gasteiger partial charge in [-0.2, -0.15) is 9.82 Å². The van der Waals surface area contributed by atoms with Gasteiger partial charge < -0.3 is 10.2 Å². The van der Waals surface area contributed by atoms with Crippen LogP contribution < -0.4 is 4.72 Å². The number of carbonyl (C=O) groups is 1. The lowest BCUT2D eigenvalue weighted by atomic mass is 10.2. The van der Waals surface area contributed by atoms with E-state index in [0.717, 1.165) is 6.20 Å². The van der Waals surface area contributed by atoms with Gasteiger partial charge in [0.05, 0.1) is 18.0 Å². The Balaban J connectivity index is 3.01. The van der Waals surface area contributed by atoms with Crippen molar-refractivity contribution in [2.45, 2.75) is 30.9 Å². The lowest BCUT2D eigenvalue weighted by Crippen LogP contribution is -2.47. The van der Waals surface area contributed by atoms with Crippen LogP contribution in [0.4, 0.5) is 0 Å². The van der Waals surface area contributed by atoms with Gasteiger partial charge >= 0.3 is 5.97 Å². The zero-order chi connectivity index (χ0) is 13.2. The summed E-state index contributed by atoms with van der Waals surface area (Å²) in [6, 6.07) is -1.60. The van der Waals surface area contributed by atoms with Crippen molar-refractivity contribution in [2.24, 2.45) is 0 Å². The molecule has 0 amide bonds. The fourth-order valence-corrected chi connectivity index (χ4v) is 2.60. The molecule has 1 aromatic heterocycles. The fraction of sp³-hybridized carbons (Fsp3) is 0.500. The molecule has 0 aliphatic heterocycles. The van der Waals surface area contributed by atoms with Crippen molar-refractivity contribution in [2.75, 3.05) is 0 Å². The van der Waals surface area contributed by atoms with E-state index in [4.69, 9.17) is 5.11 Å². The van der Waals surface area contributed by atoms with Crippen LogP contribution in [0.5, 0.6) is 0 Å². The van der Waals surface area contributed by atoms with Crippen LogP contribution >= 0.6 is 0 Å². The second-order valence-corrected chi connectivity index (χ2v) is 5.22. The summed E-state index contributed by atoms with van der Waals surface area (Å²) in [5.74, 6) is -1.45. The molecule has 96 valence electrons. The molecule has 0 bridgehead atoms. The number of aliphatic hydroxyl groups excluding tert-OH is 1. The van der Waals surface area contributed by atoms with E-state index in [1.807, 2.05) is 4.72 Å². The van der Waals surface area contributed by atoms with E-state index >= 15 is 0 Å². The summed E-state index contributed by atoms with van der Waals surface area (Å²) in [5.41, 5.74) is 0.284. The molecule has 2 unspecified atom stereocenters. The summed E-state index contributed by atoms with van der Waals surface area (Å²) in [5, 5.41) is 23.9. The van der Waals surface area contributed by atoms with Crippen LogP contribution in [-0.2, 0) is 14.8 Å². The highest BCUT2D eigenvalue weighted by molar-refractivity contribution is 7.89. The normalized spacial score (nSPS) is 15.5. The SMILES string of the molecule is Cc1[nH]ncc1S(=O)(=O)NC(C(=O)O)C(C)O. The number of aromatic amines is 1. The van der Waals surface area contributed by atoms with E-state index in [1.165, 1.54) is 13.8 Å². The molecule has 8 nitrogen and oxygen atoms in total. The summed E-state index contributed by atoms with van der Waals surface area (Å²) in [6.07, 6.45) is -0.284. The zero-order valence-corrected chi connectivity index (χ0v) is 10.0. The average Bonchev–Trinajstić information content (AvgIpc) is 2.60. The van der Waals surface area contributed by atoms with Crippen LogP contribution in [0.15, 0.2) is 11.1 Å². The van der Waals surface area contributed by atoms with Gasteiger partial charge in [0.25, 0.3) is 0 Å². The number of hydrogen-bond acceptors (Lipinski definition) is 5. The minimum atomic E-state index is -4.02. The minimum Gasteiger partial charge on any atom is -0.480 e. The van der Waals surface area contributed by atoms with Crippen LogP contribution in [0.3, 0.4) is 0 Å². The average molecular weight is 263 g/mol. The molecule has 9 heteroatoms. The Bertz CT molecular complexity index is 507. The smallest absolute Gasteiger partial charge is 0.324 e. The van der Waals surface area contributed by atoms with E-state index < -0.39 is 28.1 Å². The molecule has 0 aliphatic rings. The summed E-state index contributed by atoms with van der Waals surface area (Å²) in [6.45, 7) is 2.67. The molecule has 4 N–H and O–H groups in total. The standard InChI is InChI=1S/C8H13N3O5S/c1-4-6(3-9-10-4)17(15,16)11-7(5(2)12)8(13)14/h3,5,7,11-12H,1-2H3,(H,9,10)(H,13,14). The maximum absolute atomic E-state index is 11.8. The van der Waals surface area contributed by atoms with E-state index in [-0.39, 0.29) is 10.6 Å². The number of hydrogen-bond donors (Lipinski definition) is 4. The van der Waals surface area contributed by atoms with Crippen molar-refractivity contribution in [1.82, 2.24) is 14.9 Å². The van der Waals surface area contributed by atoms with E-state index in [1.54, 1.807) is 0 Å². The summed E-state index contributed by atoms with van der Waals surface area (Å²) < 4.78 is 25.5. The van der Waals surface area contributed by atoms with Crippen molar-refractivity contribution in [3.05, 3.63) is 11.9 Å². The Hall–Kier alpha value is -1.45. The molecule has 0 aliphatic carbocycles. The van der Waals surface area contributed by atoms with Crippen LogP contribution in [0, 0.1) is 6.92 Å². The third-order valence-corrected chi connectivity index (χ3v) is 3.66. The van der Waals surface area contributed by atoms with Crippen molar-refractivity contribution in [1.29, 1.82) is 0 Å². The van der Waals surface area contributed by atoms with Crippen LogP contribution in [0.2, 0.25) is 0 Å². The first-order valence-corrected chi connectivity index (χ1v) is 6.17. The maximum atomic E-state index is 11.8. The predicted octanol–water partition coefficient (Wildman–Crippen LogP) is -1.17. The van der Waals surface area contributed by atoms with Crippen LogP contribution in [0.25, 0.3) is 0 Å². The maximum Gasteiger partial charge on any atom is 0.324 e. The van der Waals surface area contributed by atoms with Crippen molar-refractivity contribution >= 4 is 16.0 Å². The molecule has 1 rings (SSSR count). The monoisotopic (exact) mass is 263 g/mol. The van der Waals surface area contributed by atoms with Gasteiger partial charge in [0, 0.05) is 0 Å². The van der Waals surface area contributed by atoms with Gasteiger partial charge in [-0.05, 0) is 13.8 Å². The molecule has 2 atom stereocenters. The van der Waals surface area contributed by atoms with Gasteiger partial charge in [-0.3, -0.25) is 9.89 Å². The van der Waals surface area contributed by atoms with Gasteiger partial charge in [0.15, 0.2) is 0 Å². The molecule has 0 radical (unpaired) electrons. The summed E-state index contributed by atoms with van der Waals surface area (Å²) in [7, 11) is -4.02. The molecule has 1 aromatic rings. The number of carboxylic acids is 1. The van der Waals surface area contributed by atoms with E-state index in [2.05, 4.69) is 10.2 Å². The second kappa shape index (κ2) is 4.82. The number of sulfonamides is 1. The molecular formula is C8H13N3O5S. The first kappa shape index (κ1) is 13.6. The lowest BCUT2D eigenvalue weighted by Gasteiger charge is -2.16.